The van der Waals surface area contributed by atoms with Gasteiger partial charge in [0.1, 0.15) is 0 Å². The molecule has 1 rings (SSSR count). The van der Waals surface area contributed by atoms with E-state index in [1.54, 1.807) is 0 Å². The van der Waals surface area contributed by atoms with Crippen LogP contribution in [-0.4, -0.2) is 0 Å². The van der Waals surface area contributed by atoms with Crippen molar-refractivity contribution < 1.29 is 0 Å². The van der Waals surface area contributed by atoms with Crippen LogP contribution in [0.5, 0.6) is 0 Å². The summed E-state index contributed by atoms with van der Waals surface area (Å²) >= 11 is 0. The minimum Gasteiger partial charge on any atom is -0.0654 e. The van der Waals surface area contributed by atoms with Crippen LogP contribution in [0, 0.1) is 23.2 Å². The van der Waals surface area contributed by atoms with Crippen LogP contribution < -0.4 is 0 Å². The SMILES string of the molecule is CCCCCCCC(C)C1C(C)C1(C)C. The number of hydrogen-bond acceptors (Lipinski definition) is 0. The van der Waals surface area contributed by atoms with Crippen molar-refractivity contribution in [2.24, 2.45) is 23.2 Å². The van der Waals surface area contributed by atoms with Crippen molar-refractivity contribution in [2.75, 3.05) is 0 Å². The summed E-state index contributed by atoms with van der Waals surface area (Å²) in [5.74, 6) is 2.92. The molecule has 0 aliphatic heterocycles. The normalized spacial score (nSPS) is 30.2. The Morgan fingerprint density at radius 1 is 1.07 bits per heavy atom. The molecule has 15 heavy (non-hydrogen) atoms. The molecular formula is C15H30. The van der Waals surface area contributed by atoms with Crippen molar-refractivity contribution in [1.82, 2.24) is 0 Å². The molecule has 1 fully saturated rings. The van der Waals surface area contributed by atoms with E-state index in [9.17, 15) is 0 Å². The molecule has 0 saturated heterocycles. The fourth-order valence-electron chi connectivity index (χ4n) is 3.42. The highest BCUT2D eigenvalue weighted by Crippen LogP contribution is 2.62. The van der Waals surface area contributed by atoms with Crippen LogP contribution in [-0.2, 0) is 0 Å². The van der Waals surface area contributed by atoms with E-state index in [2.05, 4.69) is 34.6 Å². The molecule has 0 radical (unpaired) electrons. The molecule has 90 valence electrons. The van der Waals surface area contributed by atoms with Gasteiger partial charge in [-0.25, -0.2) is 0 Å². The second-order valence-electron chi connectivity index (χ2n) is 6.32. The van der Waals surface area contributed by atoms with Crippen LogP contribution in [0.25, 0.3) is 0 Å². The first-order chi connectivity index (χ1) is 7.01. The van der Waals surface area contributed by atoms with Crippen molar-refractivity contribution >= 4 is 0 Å². The van der Waals surface area contributed by atoms with Crippen LogP contribution in [0.2, 0.25) is 0 Å². The monoisotopic (exact) mass is 210 g/mol. The molecule has 0 heteroatoms. The van der Waals surface area contributed by atoms with E-state index in [4.69, 9.17) is 0 Å². The Labute approximate surface area is 96.8 Å². The molecule has 0 amide bonds. The molecule has 0 aromatic heterocycles. The van der Waals surface area contributed by atoms with Crippen molar-refractivity contribution in [3.05, 3.63) is 0 Å². The molecule has 0 spiro atoms. The van der Waals surface area contributed by atoms with Gasteiger partial charge >= 0.3 is 0 Å². The molecule has 0 nitrogen and oxygen atoms in total. The van der Waals surface area contributed by atoms with Gasteiger partial charge in [0.2, 0.25) is 0 Å². The van der Waals surface area contributed by atoms with Gasteiger partial charge in [0, 0.05) is 0 Å². The van der Waals surface area contributed by atoms with Crippen molar-refractivity contribution in [3.63, 3.8) is 0 Å². The quantitative estimate of drug-likeness (QED) is 0.502. The Kier molecular flexibility index (Phi) is 4.67. The summed E-state index contributed by atoms with van der Waals surface area (Å²) < 4.78 is 0. The van der Waals surface area contributed by atoms with Crippen molar-refractivity contribution in [3.8, 4) is 0 Å². The topological polar surface area (TPSA) is 0 Å². The Morgan fingerprint density at radius 3 is 2.07 bits per heavy atom. The van der Waals surface area contributed by atoms with Crippen LogP contribution in [0.3, 0.4) is 0 Å². The molecule has 0 aromatic rings. The van der Waals surface area contributed by atoms with E-state index in [0.29, 0.717) is 5.41 Å². The Morgan fingerprint density at radius 2 is 1.60 bits per heavy atom. The smallest absolute Gasteiger partial charge is 0.0292 e. The summed E-state index contributed by atoms with van der Waals surface area (Å²) in [6, 6.07) is 0. The lowest BCUT2D eigenvalue weighted by atomic mass is 9.93. The lowest BCUT2D eigenvalue weighted by molar-refractivity contribution is 0.381. The highest BCUT2D eigenvalue weighted by atomic mass is 14.6. The summed E-state index contributed by atoms with van der Waals surface area (Å²) in [5.41, 5.74) is 0.642. The second-order valence-corrected chi connectivity index (χ2v) is 6.32. The first-order valence-corrected chi connectivity index (χ1v) is 7.01. The number of unbranched alkanes of at least 4 members (excludes halogenated alkanes) is 4. The zero-order valence-electron chi connectivity index (χ0n) is 11.5. The zero-order valence-corrected chi connectivity index (χ0v) is 11.5. The standard InChI is InChI=1S/C15H30/c1-6-7-8-9-10-11-12(2)14-13(3)15(14,4)5/h12-14H,6-11H2,1-5H3. The maximum absolute atomic E-state index is 2.47. The Balaban J connectivity index is 2.08. The highest BCUT2D eigenvalue weighted by molar-refractivity contribution is 5.04. The van der Waals surface area contributed by atoms with Gasteiger partial charge in [-0.05, 0) is 23.2 Å². The van der Waals surface area contributed by atoms with Crippen LogP contribution in [0.1, 0.15) is 73.1 Å². The first-order valence-electron chi connectivity index (χ1n) is 7.01. The largest absolute Gasteiger partial charge is 0.0654 e. The molecule has 0 bridgehead atoms. The first kappa shape index (κ1) is 13.1. The van der Waals surface area contributed by atoms with Gasteiger partial charge in [-0.15, -0.1) is 0 Å². The molecule has 0 heterocycles. The summed E-state index contributed by atoms with van der Waals surface area (Å²) in [6.07, 6.45) is 8.62. The molecule has 0 aromatic carbocycles. The lowest BCUT2D eigenvalue weighted by Gasteiger charge is -2.12. The molecule has 1 aliphatic rings. The third kappa shape index (κ3) is 3.23. The fourth-order valence-corrected chi connectivity index (χ4v) is 3.42. The summed E-state index contributed by atoms with van der Waals surface area (Å²) in [7, 11) is 0. The van der Waals surface area contributed by atoms with Crippen LogP contribution >= 0.6 is 0 Å². The van der Waals surface area contributed by atoms with E-state index < -0.39 is 0 Å². The molecule has 3 unspecified atom stereocenters. The third-order valence-electron chi connectivity index (χ3n) is 4.84. The third-order valence-corrected chi connectivity index (χ3v) is 4.84. The van der Waals surface area contributed by atoms with Gasteiger partial charge in [-0.1, -0.05) is 73.1 Å². The highest BCUT2D eigenvalue weighted by Gasteiger charge is 2.56. The molecule has 3 atom stereocenters. The molecule has 0 N–H and O–H groups in total. The van der Waals surface area contributed by atoms with Gasteiger partial charge in [-0.3, -0.25) is 0 Å². The Bertz CT molecular complexity index is 180. The van der Waals surface area contributed by atoms with Gasteiger partial charge < -0.3 is 0 Å². The van der Waals surface area contributed by atoms with E-state index in [0.717, 1.165) is 17.8 Å². The predicted molar refractivity (Wildman–Crippen MR) is 69.0 cm³/mol. The van der Waals surface area contributed by atoms with Gasteiger partial charge in [0.15, 0.2) is 0 Å². The van der Waals surface area contributed by atoms with E-state index in [1.807, 2.05) is 0 Å². The van der Waals surface area contributed by atoms with Crippen molar-refractivity contribution in [2.45, 2.75) is 73.1 Å². The van der Waals surface area contributed by atoms with E-state index >= 15 is 0 Å². The zero-order chi connectivity index (χ0) is 11.5. The van der Waals surface area contributed by atoms with Crippen molar-refractivity contribution in [1.29, 1.82) is 0 Å². The maximum Gasteiger partial charge on any atom is -0.0292 e. The molecular weight excluding hydrogens is 180 g/mol. The Hall–Kier alpha value is 0. The predicted octanol–water partition coefficient (Wildman–Crippen LogP) is 5.28. The second kappa shape index (κ2) is 5.37. The summed E-state index contributed by atoms with van der Waals surface area (Å²) in [4.78, 5) is 0. The molecule has 1 aliphatic carbocycles. The van der Waals surface area contributed by atoms with E-state index in [1.165, 1.54) is 38.5 Å². The van der Waals surface area contributed by atoms with Crippen LogP contribution in [0.4, 0.5) is 0 Å². The fraction of sp³-hybridized carbons (Fsp3) is 1.00. The van der Waals surface area contributed by atoms with E-state index in [-0.39, 0.29) is 0 Å². The van der Waals surface area contributed by atoms with Gasteiger partial charge in [-0.2, -0.15) is 0 Å². The minimum absolute atomic E-state index is 0.642. The average molecular weight is 210 g/mol. The minimum atomic E-state index is 0.642. The summed E-state index contributed by atoms with van der Waals surface area (Å²) in [6.45, 7) is 12.1. The average Bonchev–Trinajstić information content (AvgIpc) is 2.66. The van der Waals surface area contributed by atoms with Gasteiger partial charge in [0.05, 0.1) is 0 Å². The lowest BCUT2D eigenvalue weighted by Crippen LogP contribution is -2.03. The maximum atomic E-state index is 2.47. The van der Waals surface area contributed by atoms with Gasteiger partial charge in [0.25, 0.3) is 0 Å². The number of hydrogen-bond donors (Lipinski definition) is 0. The van der Waals surface area contributed by atoms with Crippen LogP contribution in [0.15, 0.2) is 0 Å². The molecule has 1 saturated carbocycles. The summed E-state index contributed by atoms with van der Waals surface area (Å²) in [5, 5.41) is 0. The number of rotatable bonds is 7.